The number of nitrogen functional groups attached to an aromatic ring is 2. The van der Waals surface area contributed by atoms with Gasteiger partial charge in [-0.1, -0.05) is 72.4 Å². The zero-order chi connectivity index (χ0) is 17.2. The lowest BCUT2D eigenvalue weighted by Gasteiger charge is -2.04. The Bertz CT molecular complexity index is 907. The normalized spacial score (nSPS) is 10.9. The van der Waals surface area contributed by atoms with Gasteiger partial charge in [0.1, 0.15) is 0 Å². The number of benzene rings is 2. The fourth-order valence-corrected chi connectivity index (χ4v) is 6.01. The van der Waals surface area contributed by atoms with E-state index in [2.05, 4.69) is 35.0 Å². The molecular weight excluding hydrogens is 364 g/mol. The van der Waals surface area contributed by atoms with Gasteiger partial charge in [0.05, 0.1) is 19.8 Å². The summed E-state index contributed by atoms with van der Waals surface area (Å²) in [5.41, 5.74) is 18.9. The van der Waals surface area contributed by atoms with Crippen LogP contribution in [0.15, 0.2) is 79.8 Å². The van der Waals surface area contributed by atoms with E-state index in [0.717, 1.165) is 42.0 Å². The van der Waals surface area contributed by atoms with E-state index in [4.69, 9.17) is 11.5 Å². The number of rotatable bonds is 4. The highest BCUT2D eigenvalue weighted by Gasteiger charge is 2.16. The molecule has 0 amide bonds. The Kier molecular flexibility index (Phi) is 4.53. The molecule has 25 heavy (non-hydrogen) atoms. The van der Waals surface area contributed by atoms with Crippen molar-refractivity contribution in [3.8, 4) is 22.3 Å². The standard InChI is InChI=1S/C20H16N2S3/c21-17-15(13-7-3-1-4-8-13)11-23-19(17)25-20-18(22)16(12-24-20)14-9-5-2-6-10-14/h1-12H,21-22H2. The third-order valence-electron chi connectivity index (χ3n) is 3.94. The summed E-state index contributed by atoms with van der Waals surface area (Å²) in [7, 11) is 0. The predicted octanol–water partition coefficient (Wildman–Crippen LogP) is 6.46. The lowest BCUT2D eigenvalue weighted by Crippen LogP contribution is -1.89. The van der Waals surface area contributed by atoms with Crippen LogP contribution in [0.2, 0.25) is 0 Å². The molecule has 0 fully saturated rings. The molecule has 0 aliphatic carbocycles. The minimum absolute atomic E-state index is 0.829. The first-order chi connectivity index (χ1) is 12.2. The molecule has 0 spiro atoms. The van der Waals surface area contributed by atoms with E-state index in [1.165, 1.54) is 0 Å². The highest BCUT2D eigenvalue weighted by Crippen LogP contribution is 2.48. The SMILES string of the molecule is Nc1c(-c2ccccc2)csc1Sc1scc(-c2ccccc2)c1N. The van der Waals surface area contributed by atoms with E-state index >= 15 is 0 Å². The van der Waals surface area contributed by atoms with Crippen LogP contribution >= 0.6 is 34.4 Å². The first kappa shape index (κ1) is 16.3. The largest absolute Gasteiger partial charge is 0.397 e. The third-order valence-corrected chi connectivity index (χ3v) is 7.41. The van der Waals surface area contributed by atoms with E-state index in [1.807, 2.05) is 36.4 Å². The molecule has 2 aromatic heterocycles. The Morgan fingerprint density at radius 3 is 1.40 bits per heavy atom. The van der Waals surface area contributed by atoms with Gasteiger partial charge in [0.2, 0.25) is 0 Å². The first-order valence-electron chi connectivity index (χ1n) is 7.76. The minimum Gasteiger partial charge on any atom is -0.397 e. The molecule has 4 aromatic rings. The monoisotopic (exact) mass is 380 g/mol. The van der Waals surface area contributed by atoms with Crippen molar-refractivity contribution in [1.82, 2.24) is 0 Å². The van der Waals surface area contributed by atoms with E-state index < -0.39 is 0 Å². The number of anilines is 2. The molecule has 0 bridgehead atoms. The van der Waals surface area contributed by atoms with Crippen LogP contribution in [0.25, 0.3) is 22.3 Å². The zero-order valence-electron chi connectivity index (χ0n) is 13.3. The second-order valence-corrected chi connectivity index (χ2v) is 8.83. The Morgan fingerprint density at radius 1 is 0.600 bits per heavy atom. The van der Waals surface area contributed by atoms with Gasteiger partial charge in [0.15, 0.2) is 0 Å². The van der Waals surface area contributed by atoms with E-state index in [-0.39, 0.29) is 0 Å². The molecule has 4 N–H and O–H groups in total. The first-order valence-corrected chi connectivity index (χ1v) is 10.3. The second-order valence-electron chi connectivity index (χ2n) is 5.54. The van der Waals surface area contributed by atoms with Gasteiger partial charge >= 0.3 is 0 Å². The van der Waals surface area contributed by atoms with Crippen molar-refractivity contribution >= 4 is 45.8 Å². The molecule has 0 saturated carbocycles. The summed E-state index contributed by atoms with van der Waals surface area (Å²) in [6.07, 6.45) is 0. The number of thiophene rings is 2. The molecule has 0 radical (unpaired) electrons. The Balaban J connectivity index is 1.64. The van der Waals surface area contributed by atoms with Gasteiger partial charge in [0.25, 0.3) is 0 Å². The van der Waals surface area contributed by atoms with E-state index in [0.29, 0.717) is 0 Å². The van der Waals surface area contributed by atoms with Gasteiger partial charge in [-0.05, 0) is 11.1 Å². The summed E-state index contributed by atoms with van der Waals surface area (Å²) in [6, 6.07) is 20.5. The van der Waals surface area contributed by atoms with Crippen LogP contribution in [0, 0.1) is 0 Å². The summed E-state index contributed by atoms with van der Waals surface area (Å²) in [4.78, 5) is 0. The van der Waals surface area contributed by atoms with Gasteiger partial charge in [0, 0.05) is 21.9 Å². The minimum atomic E-state index is 0.829. The van der Waals surface area contributed by atoms with Crippen LogP contribution < -0.4 is 11.5 Å². The van der Waals surface area contributed by atoms with Gasteiger partial charge in [-0.15, -0.1) is 22.7 Å². The maximum atomic E-state index is 6.40. The summed E-state index contributed by atoms with van der Waals surface area (Å²) < 4.78 is 2.18. The molecule has 0 aliphatic rings. The molecule has 2 aromatic carbocycles. The van der Waals surface area contributed by atoms with Crippen molar-refractivity contribution in [2.75, 3.05) is 11.5 Å². The second kappa shape index (κ2) is 6.96. The van der Waals surface area contributed by atoms with E-state index in [9.17, 15) is 0 Å². The van der Waals surface area contributed by atoms with Crippen molar-refractivity contribution < 1.29 is 0 Å². The van der Waals surface area contributed by atoms with Crippen molar-refractivity contribution in [3.05, 3.63) is 71.4 Å². The smallest absolute Gasteiger partial charge is 0.0891 e. The van der Waals surface area contributed by atoms with Crippen LogP contribution in [-0.4, -0.2) is 0 Å². The molecule has 124 valence electrons. The van der Waals surface area contributed by atoms with Gasteiger partial charge in [-0.3, -0.25) is 0 Å². The molecule has 2 nitrogen and oxygen atoms in total. The summed E-state index contributed by atoms with van der Waals surface area (Å²) in [5.74, 6) is 0. The third kappa shape index (κ3) is 3.18. The summed E-state index contributed by atoms with van der Waals surface area (Å²) in [5, 5.41) is 4.24. The molecule has 2 heterocycles. The van der Waals surface area contributed by atoms with Crippen LogP contribution in [0.3, 0.4) is 0 Å². The zero-order valence-corrected chi connectivity index (χ0v) is 15.8. The van der Waals surface area contributed by atoms with Gasteiger partial charge in [-0.25, -0.2) is 0 Å². The van der Waals surface area contributed by atoms with Crippen molar-refractivity contribution in [3.63, 3.8) is 0 Å². The van der Waals surface area contributed by atoms with Crippen LogP contribution in [0.1, 0.15) is 0 Å². The molecule has 0 atom stereocenters. The maximum Gasteiger partial charge on any atom is 0.0891 e. The van der Waals surface area contributed by atoms with Gasteiger partial charge < -0.3 is 11.5 Å². The lowest BCUT2D eigenvalue weighted by atomic mass is 10.1. The van der Waals surface area contributed by atoms with Crippen molar-refractivity contribution in [2.24, 2.45) is 0 Å². The maximum absolute atomic E-state index is 6.40. The van der Waals surface area contributed by atoms with Crippen molar-refractivity contribution in [1.29, 1.82) is 0 Å². The predicted molar refractivity (Wildman–Crippen MR) is 112 cm³/mol. The molecule has 5 heteroatoms. The fraction of sp³-hybridized carbons (Fsp3) is 0. The molecule has 0 saturated heterocycles. The van der Waals surface area contributed by atoms with Crippen molar-refractivity contribution in [2.45, 2.75) is 8.42 Å². The fourth-order valence-electron chi connectivity index (χ4n) is 2.62. The quantitative estimate of drug-likeness (QED) is 0.427. The number of hydrogen-bond acceptors (Lipinski definition) is 5. The molecular formula is C20H16N2S3. The van der Waals surface area contributed by atoms with Crippen LogP contribution in [-0.2, 0) is 0 Å². The highest BCUT2D eigenvalue weighted by atomic mass is 32.2. The average Bonchev–Trinajstić information content (AvgIpc) is 3.20. The van der Waals surface area contributed by atoms with Crippen LogP contribution in [0.4, 0.5) is 11.4 Å². The molecule has 4 rings (SSSR count). The number of nitrogens with two attached hydrogens (primary N) is 2. The highest BCUT2D eigenvalue weighted by molar-refractivity contribution is 8.03. The van der Waals surface area contributed by atoms with Crippen LogP contribution in [0.5, 0.6) is 0 Å². The Hall–Kier alpha value is -2.21. The Labute approximate surface area is 159 Å². The molecule has 0 aliphatic heterocycles. The topological polar surface area (TPSA) is 52.0 Å². The number of hydrogen-bond donors (Lipinski definition) is 2. The summed E-state index contributed by atoms with van der Waals surface area (Å²) >= 11 is 5.00. The molecule has 0 unspecified atom stereocenters. The van der Waals surface area contributed by atoms with E-state index in [1.54, 1.807) is 34.4 Å². The lowest BCUT2D eigenvalue weighted by molar-refractivity contribution is 1.60. The Morgan fingerprint density at radius 2 is 1.00 bits per heavy atom. The summed E-state index contributed by atoms with van der Waals surface area (Å²) in [6.45, 7) is 0. The van der Waals surface area contributed by atoms with Gasteiger partial charge in [-0.2, -0.15) is 0 Å². The average molecular weight is 381 g/mol.